The Bertz CT molecular complexity index is 475. The second-order valence-electron chi connectivity index (χ2n) is 8.84. The first-order chi connectivity index (χ1) is 12.4. The van der Waals surface area contributed by atoms with Crippen molar-refractivity contribution in [1.29, 1.82) is 0 Å². The van der Waals surface area contributed by atoms with Crippen LogP contribution < -0.4 is 0 Å². The van der Waals surface area contributed by atoms with Crippen LogP contribution >= 0.6 is 0 Å². The summed E-state index contributed by atoms with van der Waals surface area (Å²) in [4.78, 5) is 0. The Morgan fingerprint density at radius 2 is 1.77 bits per heavy atom. The fourth-order valence-corrected chi connectivity index (χ4v) is 3.50. The number of allylic oxidation sites excluding steroid dienone is 1. The molecular weight excluding hydrogens is 318 g/mol. The van der Waals surface area contributed by atoms with E-state index in [4.69, 9.17) is 4.74 Å². The van der Waals surface area contributed by atoms with Gasteiger partial charge in [0.25, 0.3) is 0 Å². The summed E-state index contributed by atoms with van der Waals surface area (Å²) in [7, 11) is 6.92. The molecule has 0 aliphatic heterocycles. The zero-order valence-corrected chi connectivity index (χ0v) is 17.9. The number of nitrogens with zero attached hydrogens (tertiary/aromatic N) is 1. The molecule has 2 nitrogen and oxygen atoms in total. The molecule has 1 rings (SSSR count). The van der Waals surface area contributed by atoms with Gasteiger partial charge in [0.2, 0.25) is 0 Å². The Labute approximate surface area is 162 Å². The maximum Gasteiger partial charge on any atom is 0.0913 e. The summed E-state index contributed by atoms with van der Waals surface area (Å²) in [5.41, 5.74) is 1.34. The Morgan fingerprint density at radius 3 is 2.42 bits per heavy atom. The zero-order valence-electron chi connectivity index (χ0n) is 17.9. The Balaban J connectivity index is 2.04. The lowest BCUT2D eigenvalue weighted by molar-refractivity contribution is -0.874. The van der Waals surface area contributed by atoms with E-state index in [9.17, 15) is 0 Å². The van der Waals surface area contributed by atoms with Crippen LogP contribution in [0.4, 0.5) is 0 Å². The summed E-state index contributed by atoms with van der Waals surface area (Å²) >= 11 is 0. The first kappa shape index (κ1) is 22.8. The largest absolute Gasteiger partial charge is 0.501 e. The lowest BCUT2D eigenvalue weighted by atomic mass is 9.93. The van der Waals surface area contributed by atoms with Crippen LogP contribution in [0.15, 0.2) is 42.7 Å². The second kappa shape index (κ2) is 13.0. The number of benzene rings is 1. The molecule has 1 aromatic rings. The van der Waals surface area contributed by atoms with E-state index >= 15 is 0 Å². The number of rotatable bonds is 14. The van der Waals surface area contributed by atoms with Crippen LogP contribution in [0, 0.1) is 11.8 Å². The molecule has 0 spiro atoms. The highest BCUT2D eigenvalue weighted by molar-refractivity contribution is 5.14. The number of hydrogen-bond donors (Lipinski definition) is 0. The lowest BCUT2D eigenvalue weighted by Gasteiger charge is -2.29. The minimum Gasteiger partial charge on any atom is -0.501 e. The summed E-state index contributed by atoms with van der Waals surface area (Å²) in [6.45, 7) is 6.80. The van der Waals surface area contributed by atoms with Crippen molar-refractivity contribution in [3.05, 3.63) is 48.2 Å². The van der Waals surface area contributed by atoms with Gasteiger partial charge in [-0.2, -0.15) is 0 Å². The predicted molar refractivity (Wildman–Crippen MR) is 114 cm³/mol. The summed E-state index contributed by atoms with van der Waals surface area (Å²) < 4.78 is 6.70. The molecule has 2 unspecified atom stereocenters. The van der Waals surface area contributed by atoms with Gasteiger partial charge in [0.15, 0.2) is 0 Å². The van der Waals surface area contributed by atoms with E-state index < -0.39 is 0 Å². The van der Waals surface area contributed by atoms with E-state index in [1.807, 2.05) is 6.26 Å². The van der Waals surface area contributed by atoms with Crippen molar-refractivity contribution in [2.24, 2.45) is 11.8 Å². The monoisotopic (exact) mass is 360 g/mol. The molecule has 0 saturated heterocycles. The average molecular weight is 361 g/mol. The van der Waals surface area contributed by atoms with Gasteiger partial charge >= 0.3 is 0 Å². The summed E-state index contributed by atoms with van der Waals surface area (Å²) in [6.07, 6.45) is 12.9. The molecule has 1 aromatic carbocycles. The minimum atomic E-state index is 0.765. The van der Waals surface area contributed by atoms with Gasteiger partial charge in [-0.1, -0.05) is 57.0 Å². The molecule has 2 atom stereocenters. The predicted octanol–water partition coefficient (Wildman–Crippen LogP) is 6.08. The topological polar surface area (TPSA) is 9.23 Å². The molecular formula is C24H42NO+. The summed E-state index contributed by atoms with van der Waals surface area (Å²) in [5.74, 6) is 1.69. The van der Waals surface area contributed by atoms with Crippen molar-refractivity contribution in [3.63, 3.8) is 0 Å². The molecule has 0 fully saturated rings. The zero-order chi connectivity index (χ0) is 19.3. The quantitative estimate of drug-likeness (QED) is 0.222. The molecule has 148 valence electrons. The lowest BCUT2D eigenvalue weighted by Crippen LogP contribution is -2.39. The van der Waals surface area contributed by atoms with Crippen LogP contribution in [0.1, 0.15) is 57.9 Å². The van der Waals surface area contributed by atoms with Gasteiger partial charge in [-0.3, -0.25) is 0 Å². The van der Waals surface area contributed by atoms with Crippen LogP contribution in [0.25, 0.3) is 0 Å². The minimum absolute atomic E-state index is 0.765. The fourth-order valence-electron chi connectivity index (χ4n) is 3.50. The number of ether oxygens (including phenoxy) is 1. The first-order valence-corrected chi connectivity index (χ1v) is 10.5. The molecule has 0 aromatic heterocycles. The fraction of sp³-hybridized carbons (Fsp3) is 0.667. The maximum atomic E-state index is 5.61. The number of hydrogen-bond acceptors (Lipinski definition) is 1. The van der Waals surface area contributed by atoms with Gasteiger partial charge in [0.05, 0.1) is 40.6 Å². The average Bonchev–Trinajstić information content (AvgIpc) is 2.60. The molecule has 0 amide bonds. The van der Waals surface area contributed by atoms with Crippen molar-refractivity contribution in [2.75, 3.05) is 34.3 Å². The van der Waals surface area contributed by atoms with Crippen molar-refractivity contribution in [1.82, 2.24) is 0 Å². The number of quaternary nitrogens is 1. The van der Waals surface area contributed by atoms with Crippen LogP contribution in [-0.2, 0) is 11.2 Å². The molecule has 0 aliphatic rings. The third-order valence-electron chi connectivity index (χ3n) is 5.06. The smallest absolute Gasteiger partial charge is 0.0913 e. The van der Waals surface area contributed by atoms with E-state index in [1.54, 1.807) is 0 Å². The third-order valence-corrected chi connectivity index (χ3v) is 5.06. The first-order valence-electron chi connectivity index (χ1n) is 10.5. The van der Waals surface area contributed by atoms with Crippen LogP contribution in [0.5, 0.6) is 0 Å². The van der Waals surface area contributed by atoms with Crippen LogP contribution in [-0.4, -0.2) is 38.8 Å². The normalized spacial score (nSPS) is 14.5. The molecule has 2 heteroatoms. The van der Waals surface area contributed by atoms with Crippen LogP contribution in [0.2, 0.25) is 0 Å². The molecule has 0 N–H and O–H groups in total. The van der Waals surface area contributed by atoms with E-state index in [2.05, 4.69) is 71.4 Å². The van der Waals surface area contributed by atoms with Crippen molar-refractivity contribution in [2.45, 2.75) is 58.8 Å². The van der Waals surface area contributed by atoms with Gasteiger partial charge in [-0.05, 0) is 43.2 Å². The second-order valence-corrected chi connectivity index (χ2v) is 8.84. The maximum absolute atomic E-state index is 5.61. The molecule has 26 heavy (non-hydrogen) atoms. The highest BCUT2D eigenvalue weighted by Crippen LogP contribution is 2.20. The van der Waals surface area contributed by atoms with Gasteiger partial charge in [-0.15, -0.1) is 0 Å². The van der Waals surface area contributed by atoms with Gasteiger partial charge in [0.1, 0.15) is 0 Å². The SMILES string of the molecule is CCC(CCCC(C)CC/C=C\OCCc1ccccc1)C[N+](C)(C)C. The molecule has 0 aliphatic carbocycles. The molecule has 0 bridgehead atoms. The molecule has 0 saturated carbocycles. The Kier molecular flexibility index (Phi) is 11.4. The van der Waals surface area contributed by atoms with E-state index in [0.29, 0.717) is 0 Å². The van der Waals surface area contributed by atoms with Crippen molar-refractivity contribution >= 4 is 0 Å². The third kappa shape index (κ3) is 12.1. The van der Waals surface area contributed by atoms with Crippen molar-refractivity contribution < 1.29 is 9.22 Å². The standard InChI is InChI=1S/C24H42NO/c1-6-23(21-25(3,4)5)17-12-14-22(2)13-10-11-19-26-20-18-24-15-8-7-9-16-24/h7-9,11,15-16,19,22-23H,6,10,12-14,17-18,20-21H2,1-5H3/q+1/b19-11-. The highest BCUT2D eigenvalue weighted by atomic mass is 16.5. The van der Waals surface area contributed by atoms with Gasteiger partial charge < -0.3 is 9.22 Å². The highest BCUT2D eigenvalue weighted by Gasteiger charge is 2.16. The molecule has 0 heterocycles. The van der Waals surface area contributed by atoms with Crippen molar-refractivity contribution in [3.8, 4) is 0 Å². The van der Waals surface area contributed by atoms with E-state index in [0.717, 1.165) is 35.8 Å². The summed E-state index contributed by atoms with van der Waals surface area (Å²) in [6, 6.07) is 10.5. The van der Waals surface area contributed by atoms with Gasteiger partial charge in [0, 0.05) is 12.3 Å². The van der Waals surface area contributed by atoms with Gasteiger partial charge in [-0.25, -0.2) is 0 Å². The van der Waals surface area contributed by atoms with E-state index in [1.165, 1.54) is 44.2 Å². The Hall–Kier alpha value is -1.28. The Morgan fingerprint density at radius 1 is 1.04 bits per heavy atom. The van der Waals surface area contributed by atoms with Crippen LogP contribution in [0.3, 0.4) is 0 Å². The molecule has 0 radical (unpaired) electrons. The summed E-state index contributed by atoms with van der Waals surface area (Å²) in [5, 5.41) is 0. The van der Waals surface area contributed by atoms with E-state index in [-0.39, 0.29) is 0 Å².